The molecule has 0 aliphatic carbocycles. The van der Waals surface area contributed by atoms with E-state index >= 15 is 0 Å². The van der Waals surface area contributed by atoms with Gasteiger partial charge in [0.05, 0.1) is 6.20 Å². The van der Waals surface area contributed by atoms with Crippen LogP contribution in [-0.4, -0.2) is 9.78 Å². The normalized spacial score (nSPS) is 21.8. The van der Waals surface area contributed by atoms with E-state index in [0.29, 0.717) is 0 Å². The van der Waals surface area contributed by atoms with Gasteiger partial charge in [-0.1, -0.05) is 17.7 Å². The summed E-state index contributed by atoms with van der Waals surface area (Å²) in [5.74, 6) is 0.901. The summed E-state index contributed by atoms with van der Waals surface area (Å²) in [6, 6.07) is 6.22. The van der Waals surface area contributed by atoms with Crippen molar-refractivity contribution in [1.82, 2.24) is 9.78 Å². The van der Waals surface area contributed by atoms with Crippen LogP contribution in [0.15, 0.2) is 30.6 Å². The van der Waals surface area contributed by atoms with Crippen molar-refractivity contribution in [3.63, 3.8) is 0 Å². The first kappa shape index (κ1) is 12.2. The standard InChI is InChI=1S/C15H19N3O/c1-3-18-9-11(8-17-18)15-7-13(16)12-6-10(2)4-5-14(12)19-15/h4-6,8-9,13,15H,3,7,16H2,1-2H3. The molecule has 1 aliphatic heterocycles. The number of fused-ring (bicyclic) bond motifs is 1. The fourth-order valence-electron chi connectivity index (χ4n) is 2.55. The Balaban J connectivity index is 1.90. The molecule has 2 atom stereocenters. The van der Waals surface area contributed by atoms with Crippen molar-refractivity contribution >= 4 is 0 Å². The molecule has 4 nitrogen and oxygen atoms in total. The van der Waals surface area contributed by atoms with Crippen LogP contribution in [0.1, 0.15) is 42.2 Å². The molecule has 2 unspecified atom stereocenters. The van der Waals surface area contributed by atoms with E-state index in [2.05, 4.69) is 31.1 Å². The van der Waals surface area contributed by atoms with Gasteiger partial charge in [0.25, 0.3) is 0 Å². The summed E-state index contributed by atoms with van der Waals surface area (Å²) in [7, 11) is 0. The van der Waals surface area contributed by atoms with Gasteiger partial charge >= 0.3 is 0 Å². The molecule has 0 saturated carbocycles. The first-order valence-electron chi connectivity index (χ1n) is 6.72. The van der Waals surface area contributed by atoms with Gasteiger partial charge < -0.3 is 10.5 Å². The Hall–Kier alpha value is -1.81. The fraction of sp³-hybridized carbons (Fsp3) is 0.400. The minimum Gasteiger partial charge on any atom is -0.485 e. The number of nitrogens with two attached hydrogens (primary N) is 1. The summed E-state index contributed by atoms with van der Waals surface area (Å²) in [4.78, 5) is 0. The van der Waals surface area contributed by atoms with E-state index in [4.69, 9.17) is 10.5 Å². The Bertz CT molecular complexity index is 591. The molecule has 1 aromatic heterocycles. The Morgan fingerprint density at radius 3 is 3.05 bits per heavy atom. The molecule has 0 fully saturated rings. The molecule has 0 radical (unpaired) electrons. The first-order valence-corrected chi connectivity index (χ1v) is 6.72. The summed E-state index contributed by atoms with van der Waals surface area (Å²) < 4.78 is 7.98. The number of rotatable bonds is 2. The molecule has 0 spiro atoms. The van der Waals surface area contributed by atoms with Crippen LogP contribution in [0, 0.1) is 6.92 Å². The zero-order valence-corrected chi connectivity index (χ0v) is 11.3. The molecule has 0 bridgehead atoms. The third-order valence-electron chi connectivity index (χ3n) is 3.65. The van der Waals surface area contributed by atoms with E-state index in [1.54, 1.807) is 0 Å². The Labute approximate surface area is 113 Å². The topological polar surface area (TPSA) is 53.1 Å². The largest absolute Gasteiger partial charge is 0.485 e. The lowest BCUT2D eigenvalue weighted by atomic mass is 9.94. The highest BCUT2D eigenvalue weighted by molar-refractivity contribution is 5.41. The predicted molar refractivity (Wildman–Crippen MR) is 74.0 cm³/mol. The smallest absolute Gasteiger partial charge is 0.129 e. The zero-order chi connectivity index (χ0) is 13.4. The molecule has 0 saturated heterocycles. The second-order valence-electron chi connectivity index (χ2n) is 5.12. The lowest BCUT2D eigenvalue weighted by molar-refractivity contribution is 0.161. The monoisotopic (exact) mass is 257 g/mol. The Kier molecular flexibility index (Phi) is 3.03. The van der Waals surface area contributed by atoms with Gasteiger partial charge in [-0.25, -0.2) is 0 Å². The summed E-state index contributed by atoms with van der Waals surface area (Å²) in [5.41, 5.74) is 9.70. The summed E-state index contributed by atoms with van der Waals surface area (Å²) in [6.07, 6.45) is 4.72. The fourth-order valence-corrected chi connectivity index (χ4v) is 2.55. The van der Waals surface area contributed by atoms with Gasteiger partial charge in [0.1, 0.15) is 11.9 Å². The number of aryl methyl sites for hydroxylation is 2. The van der Waals surface area contributed by atoms with Crippen molar-refractivity contribution in [2.75, 3.05) is 0 Å². The highest BCUT2D eigenvalue weighted by Crippen LogP contribution is 2.39. The average molecular weight is 257 g/mol. The van der Waals surface area contributed by atoms with E-state index in [0.717, 1.165) is 29.8 Å². The predicted octanol–water partition coefficient (Wildman–Crippen LogP) is 2.74. The Morgan fingerprint density at radius 2 is 2.32 bits per heavy atom. The zero-order valence-electron chi connectivity index (χ0n) is 11.3. The maximum Gasteiger partial charge on any atom is 0.129 e. The minimum absolute atomic E-state index is 0.00510. The third-order valence-corrected chi connectivity index (χ3v) is 3.65. The average Bonchev–Trinajstić information content (AvgIpc) is 2.88. The molecule has 1 aliphatic rings. The number of benzene rings is 1. The van der Waals surface area contributed by atoms with E-state index in [1.165, 1.54) is 5.56 Å². The van der Waals surface area contributed by atoms with E-state index in [-0.39, 0.29) is 12.1 Å². The van der Waals surface area contributed by atoms with E-state index in [1.807, 2.05) is 23.1 Å². The molecular formula is C15H19N3O. The Morgan fingerprint density at radius 1 is 1.47 bits per heavy atom. The van der Waals surface area contributed by atoms with Gasteiger partial charge in [-0.05, 0) is 19.9 Å². The summed E-state index contributed by atoms with van der Waals surface area (Å²) >= 11 is 0. The molecule has 2 aromatic rings. The lowest BCUT2D eigenvalue weighted by Crippen LogP contribution is -2.24. The number of ether oxygens (including phenoxy) is 1. The van der Waals surface area contributed by atoms with E-state index < -0.39 is 0 Å². The van der Waals surface area contributed by atoms with Gasteiger partial charge in [0.15, 0.2) is 0 Å². The van der Waals surface area contributed by atoms with Crippen LogP contribution < -0.4 is 10.5 Å². The van der Waals surface area contributed by atoms with Crippen molar-refractivity contribution in [3.8, 4) is 5.75 Å². The van der Waals surface area contributed by atoms with Gasteiger partial charge in [-0.2, -0.15) is 5.10 Å². The van der Waals surface area contributed by atoms with Gasteiger partial charge in [-0.15, -0.1) is 0 Å². The molecule has 2 N–H and O–H groups in total. The highest BCUT2D eigenvalue weighted by Gasteiger charge is 2.27. The molecule has 1 aromatic carbocycles. The number of aromatic nitrogens is 2. The first-order chi connectivity index (χ1) is 9.17. The molecule has 2 heterocycles. The number of hydrogen-bond acceptors (Lipinski definition) is 3. The molecule has 4 heteroatoms. The van der Waals surface area contributed by atoms with Crippen molar-refractivity contribution in [2.24, 2.45) is 5.73 Å². The highest BCUT2D eigenvalue weighted by atomic mass is 16.5. The molecule has 0 amide bonds. The van der Waals surface area contributed by atoms with Crippen molar-refractivity contribution in [3.05, 3.63) is 47.3 Å². The summed E-state index contributed by atoms with van der Waals surface area (Å²) in [6.45, 7) is 5.02. The number of hydrogen-bond donors (Lipinski definition) is 1. The quantitative estimate of drug-likeness (QED) is 0.900. The SMILES string of the molecule is CCn1cc(C2CC(N)c3cc(C)ccc3O2)cn1. The van der Waals surface area contributed by atoms with Gasteiger partial charge in [0.2, 0.25) is 0 Å². The lowest BCUT2D eigenvalue weighted by Gasteiger charge is -2.30. The molecule has 3 rings (SSSR count). The van der Waals surface area contributed by atoms with Crippen LogP contribution in [0.2, 0.25) is 0 Å². The second-order valence-corrected chi connectivity index (χ2v) is 5.12. The van der Waals surface area contributed by atoms with Crippen LogP contribution >= 0.6 is 0 Å². The maximum absolute atomic E-state index is 6.28. The van der Waals surface area contributed by atoms with Crippen LogP contribution in [0.5, 0.6) is 5.75 Å². The van der Waals surface area contributed by atoms with Crippen molar-refractivity contribution < 1.29 is 4.74 Å². The van der Waals surface area contributed by atoms with Crippen LogP contribution in [0.25, 0.3) is 0 Å². The second kappa shape index (κ2) is 4.70. The van der Waals surface area contributed by atoms with Crippen LogP contribution in [-0.2, 0) is 6.54 Å². The van der Waals surface area contributed by atoms with Crippen molar-refractivity contribution in [2.45, 2.75) is 39.0 Å². The molecule has 100 valence electrons. The number of nitrogens with zero attached hydrogens (tertiary/aromatic N) is 2. The molecule has 19 heavy (non-hydrogen) atoms. The van der Waals surface area contributed by atoms with Gasteiger partial charge in [-0.3, -0.25) is 4.68 Å². The minimum atomic E-state index is 0.00510. The van der Waals surface area contributed by atoms with Crippen LogP contribution in [0.4, 0.5) is 0 Å². The van der Waals surface area contributed by atoms with Crippen molar-refractivity contribution in [1.29, 1.82) is 0 Å². The van der Waals surface area contributed by atoms with Crippen LogP contribution in [0.3, 0.4) is 0 Å². The third kappa shape index (κ3) is 2.24. The summed E-state index contributed by atoms with van der Waals surface area (Å²) in [5, 5.41) is 4.30. The molecular weight excluding hydrogens is 238 g/mol. The van der Waals surface area contributed by atoms with E-state index in [9.17, 15) is 0 Å². The maximum atomic E-state index is 6.28. The van der Waals surface area contributed by atoms with Gasteiger partial charge in [0, 0.05) is 36.3 Å².